The second-order valence-electron chi connectivity index (χ2n) is 5.18. The van der Waals surface area contributed by atoms with Gasteiger partial charge in [-0.2, -0.15) is 5.10 Å². The molecule has 1 atom stereocenters. The Morgan fingerprint density at radius 1 is 1.41 bits per heavy atom. The Kier molecular flexibility index (Phi) is 4.75. The SMILES string of the molecule is CCn1nc(C)c([C@H](C)NC(=O)c2cnc(C(C)=O)s2)c1C. The summed E-state index contributed by atoms with van der Waals surface area (Å²) in [5.41, 5.74) is 3.01. The van der Waals surface area contributed by atoms with Crippen molar-refractivity contribution < 1.29 is 9.59 Å². The Balaban J connectivity index is 2.17. The Morgan fingerprint density at radius 3 is 2.59 bits per heavy atom. The number of carbonyl (C=O) groups excluding carboxylic acids is 2. The third kappa shape index (κ3) is 3.09. The predicted molar refractivity (Wildman–Crippen MR) is 85.4 cm³/mol. The van der Waals surface area contributed by atoms with Crippen molar-refractivity contribution in [3.63, 3.8) is 0 Å². The Bertz CT molecular complexity index is 717. The van der Waals surface area contributed by atoms with Gasteiger partial charge in [-0.05, 0) is 27.7 Å². The van der Waals surface area contributed by atoms with Gasteiger partial charge < -0.3 is 5.32 Å². The summed E-state index contributed by atoms with van der Waals surface area (Å²) in [6, 6.07) is -0.157. The second kappa shape index (κ2) is 6.39. The quantitative estimate of drug-likeness (QED) is 0.859. The molecular weight excluding hydrogens is 300 g/mol. The number of nitrogens with zero attached hydrogens (tertiary/aromatic N) is 3. The van der Waals surface area contributed by atoms with Crippen LogP contribution in [0.25, 0.3) is 0 Å². The molecule has 6 nitrogen and oxygen atoms in total. The molecule has 0 aromatic carbocycles. The van der Waals surface area contributed by atoms with Gasteiger partial charge in [0.15, 0.2) is 10.8 Å². The lowest BCUT2D eigenvalue weighted by Crippen LogP contribution is -2.26. The van der Waals surface area contributed by atoms with Gasteiger partial charge in [0, 0.05) is 24.7 Å². The predicted octanol–water partition coefficient (Wildman–Crippen LogP) is 2.67. The zero-order valence-corrected chi connectivity index (χ0v) is 14.2. The average molecular weight is 320 g/mol. The van der Waals surface area contributed by atoms with Crippen molar-refractivity contribution in [1.82, 2.24) is 20.1 Å². The maximum atomic E-state index is 12.3. The molecule has 0 aliphatic rings. The van der Waals surface area contributed by atoms with E-state index in [1.54, 1.807) is 0 Å². The number of hydrogen-bond donors (Lipinski definition) is 1. The summed E-state index contributed by atoms with van der Waals surface area (Å²) < 4.78 is 1.92. The molecule has 2 heterocycles. The summed E-state index contributed by atoms with van der Waals surface area (Å²) in [6.07, 6.45) is 1.44. The summed E-state index contributed by atoms with van der Waals surface area (Å²) in [5, 5.41) is 7.77. The number of aromatic nitrogens is 3. The topological polar surface area (TPSA) is 76.9 Å². The Hall–Kier alpha value is -2.02. The van der Waals surface area contributed by atoms with E-state index in [4.69, 9.17) is 0 Å². The van der Waals surface area contributed by atoms with E-state index in [0.29, 0.717) is 9.88 Å². The molecule has 0 spiro atoms. The summed E-state index contributed by atoms with van der Waals surface area (Å²) in [6.45, 7) is 10.1. The molecule has 7 heteroatoms. The van der Waals surface area contributed by atoms with Crippen LogP contribution in [0.15, 0.2) is 6.20 Å². The first-order chi connectivity index (χ1) is 10.3. The van der Waals surface area contributed by atoms with Crippen LogP contribution in [0.4, 0.5) is 0 Å². The van der Waals surface area contributed by atoms with E-state index in [1.165, 1.54) is 13.1 Å². The standard InChI is InChI=1S/C15H20N4O2S/c1-6-19-10(4)13(9(3)18-19)8(2)17-14(21)12-7-16-15(22-12)11(5)20/h7-8H,6H2,1-5H3,(H,17,21)/t8-/m0/s1. The third-order valence-corrected chi connectivity index (χ3v) is 4.65. The molecular formula is C15H20N4O2S. The summed E-state index contributed by atoms with van der Waals surface area (Å²) in [4.78, 5) is 27.9. The molecule has 2 aromatic rings. The molecule has 118 valence electrons. The number of rotatable bonds is 5. The largest absolute Gasteiger partial charge is 0.345 e. The lowest BCUT2D eigenvalue weighted by Gasteiger charge is -2.14. The fourth-order valence-electron chi connectivity index (χ4n) is 2.53. The maximum Gasteiger partial charge on any atom is 0.263 e. The van der Waals surface area contributed by atoms with Gasteiger partial charge in [0.25, 0.3) is 5.91 Å². The molecule has 1 amide bonds. The van der Waals surface area contributed by atoms with Crippen molar-refractivity contribution in [2.24, 2.45) is 0 Å². The molecule has 0 saturated carbocycles. The number of ketones is 1. The maximum absolute atomic E-state index is 12.3. The first-order valence-electron chi connectivity index (χ1n) is 7.16. The first kappa shape index (κ1) is 16.4. The molecule has 0 aliphatic carbocycles. The van der Waals surface area contributed by atoms with Crippen molar-refractivity contribution in [3.05, 3.63) is 33.0 Å². The third-order valence-electron chi connectivity index (χ3n) is 3.55. The van der Waals surface area contributed by atoms with Gasteiger partial charge in [-0.1, -0.05) is 0 Å². The van der Waals surface area contributed by atoms with Crippen LogP contribution in [0.2, 0.25) is 0 Å². The number of hydrogen-bond acceptors (Lipinski definition) is 5. The highest BCUT2D eigenvalue weighted by Crippen LogP contribution is 2.22. The van der Waals surface area contributed by atoms with Crippen LogP contribution >= 0.6 is 11.3 Å². The van der Waals surface area contributed by atoms with Gasteiger partial charge in [0.05, 0.1) is 17.9 Å². The number of nitrogens with one attached hydrogen (secondary N) is 1. The highest BCUT2D eigenvalue weighted by molar-refractivity contribution is 7.15. The van der Waals surface area contributed by atoms with Crippen molar-refractivity contribution in [2.75, 3.05) is 0 Å². The zero-order chi connectivity index (χ0) is 16.4. The van der Waals surface area contributed by atoms with Gasteiger partial charge in [-0.15, -0.1) is 11.3 Å². The van der Waals surface area contributed by atoms with Gasteiger partial charge >= 0.3 is 0 Å². The average Bonchev–Trinajstić information content (AvgIpc) is 3.03. The minimum atomic E-state index is -0.222. The molecule has 1 N–H and O–H groups in total. The highest BCUT2D eigenvalue weighted by Gasteiger charge is 2.20. The van der Waals surface area contributed by atoms with Crippen molar-refractivity contribution >= 4 is 23.0 Å². The van der Waals surface area contributed by atoms with Crippen molar-refractivity contribution in [1.29, 1.82) is 0 Å². The molecule has 0 radical (unpaired) electrons. The molecule has 0 aliphatic heterocycles. The lowest BCUT2D eigenvalue weighted by molar-refractivity contribution is 0.0942. The van der Waals surface area contributed by atoms with Crippen LogP contribution in [0, 0.1) is 13.8 Å². The Morgan fingerprint density at radius 2 is 2.09 bits per heavy atom. The van der Waals surface area contributed by atoms with E-state index in [1.807, 2.05) is 32.4 Å². The molecule has 2 rings (SSSR count). The van der Waals surface area contributed by atoms with Crippen molar-refractivity contribution in [2.45, 2.75) is 47.2 Å². The summed E-state index contributed by atoms with van der Waals surface area (Å²) in [5.74, 6) is -0.353. The smallest absolute Gasteiger partial charge is 0.263 e. The monoisotopic (exact) mass is 320 g/mol. The summed E-state index contributed by atoms with van der Waals surface area (Å²) >= 11 is 1.11. The first-order valence-corrected chi connectivity index (χ1v) is 7.98. The van der Waals surface area contributed by atoms with E-state index < -0.39 is 0 Å². The van der Waals surface area contributed by atoms with E-state index in [0.717, 1.165) is 34.8 Å². The minimum Gasteiger partial charge on any atom is -0.345 e. The lowest BCUT2D eigenvalue weighted by atomic mass is 10.1. The normalized spacial score (nSPS) is 12.2. The van der Waals surface area contributed by atoms with E-state index in [2.05, 4.69) is 15.4 Å². The second-order valence-corrected chi connectivity index (χ2v) is 6.21. The van der Waals surface area contributed by atoms with Crippen LogP contribution in [0.5, 0.6) is 0 Å². The van der Waals surface area contributed by atoms with Crippen LogP contribution in [-0.4, -0.2) is 26.5 Å². The molecule has 2 aromatic heterocycles. The highest BCUT2D eigenvalue weighted by atomic mass is 32.1. The van der Waals surface area contributed by atoms with Crippen molar-refractivity contribution in [3.8, 4) is 0 Å². The number of Topliss-reactive ketones (excluding diaryl/α,β-unsaturated/α-hetero) is 1. The minimum absolute atomic E-state index is 0.131. The fourth-order valence-corrected chi connectivity index (χ4v) is 3.24. The molecule has 0 bridgehead atoms. The number of aryl methyl sites for hydroxylation is 2. The van der Waals surface area contributed by atoms with E-state index in [-0.39, 0.29) is 17.7 Å². The van der Waals surface area contributed by atoms with Crippen LogP contribution in [0.1, 0.15) is 63.2 Å². The van der Waals surface area contributed by atoms with Gasteiger partial charge in [-0.3, -0.25) is 14.3 Å². The van der Waals surface area contributed by atoms with Crippen LogP contribution in [0.3, 0.4) is 0 Å². The molecule has 0 fully saturated rings. The zero-order valence-electron chi connectivity index (χ0n) is 13.4. The number of amides is 1. The van der Waals surface area contributed by atoms with E-state index in [9.17, 15) is 9.59 Å². The number of carbonyl (C=O) groups is 2. The van der Waals surface area contributed by atoms with Gasteiger partial charge in [0.1, 0.15) is 4.88 Å². The van der Waals surface area contributed by atoms with Crippen LogP contribution in [-0.2, 0) is 6.54 Å². The summed E-state index contributed by atoms with van der Waals surface area (Å²) in [7, 11) is 0. The molecule has 0 unspecified atom stereocenters. The molecule has 0 saturated heterocycles. The van der Waals surface area contributed by atoms with Gasteiger partial charge in [0.2, 0.25) is 0 Å². The van der Waals surface area contributed by atoms with Gasteiger partial charge in [-0.25, -0.2) is 4.98 Å². The fraction of sp³-hybridized carbons (Fsp3) is 0.467. The molecule has 22 heavy (non-hydrogen) atoms. The number of thiazole rings is 1. The van der Waals surface area contributed by atoms with E-state index >= 15 is 0 Å². The van der Waals surface area contributed by atoms with Crippen LogP contribution < -0.4 is 5.32 Å². The Labute approximate surface area is 133 Å².